The number of anilines is 1. The average Bonchev–Trinajstić information content (AvgIpc) is 3.10. The molecule has 0 fully saturated rings. The van der Waals surface area contributed by atoms with Crippen LogP contribution in [0.1, 0.15) is 24.4 Å². The van der Waals surface area contributed by atoms with E-state index in [2.05, 4.69) is 4.72 Å². The van der Waals surface area contributed by atoms with Gasteiger partial charge in [0.15, 0.2) is 11.5 Å². The third-order valence-electron chi connectivity index (χ3n) is 4.05. The minimum Gasteiger partial charge on any atom is -0.588 e. The second-order valence-electron chi connectivity index (χ2n) is 7.08. The van der Waals surface area contributed by atoms with Gasteiger partial charge in [-0.15, -0.1) is 0 Å². The molecule has 28 heavy (non-hydrogen) atoms. The molecule has 1 unspecified atom stereocenters. The van der Waals surface area contributed by atoms with Crippen molar-refractivity contribution in [2.75, 3.05) is 25.6 Å². The molecule has 0 bridgehead atoms. The predicted octanol–water partition coefficient (Wildman–Crippen LogP) is 3.99. The van der Waals surface area contributed by atoms with Gasteiger partial charge >= 0.3 is 5.91 Å². The number of benzene rings is 2. The summed E-state index contributed by atoms with van der Waals surface area (Å²) >= 11 is -1.77. The number of ether oxygens (including phenoxy) is 1. The maximum absolute atomic E-state index is 12.7. The minimum atomic E-state index is -1.77. The second kappa shape index (κ2) is 8.58. The third-order valence-corrected chi connectivity index (χ3v) is 5.16. The summed E-state index contributed by atoms with van der Waals surface area (Å²) in [5.41, 5.74) is 1.57. The van der Waals surface area contributed by atoms with E-state index in [1.165, 1.54) is 0 Å². The first-order valence-corrected chi connectivity index (χ1v) is 10.2. The van der Waals surface area contributed by atoms with E-state index >= 15 is 0 Å². The fraction of sp³-hybridized carbons (Fsp3) is 0.286. The van der Waals surface area contributed by atoms with Crippen molar-refractivity contribution in [1.29, 1.82) is 0 Å². The van der Waals surface area contributed by atoms with Crippen molar-refractivity contribution in [1.82, 2.24) is 4.72 Å². The number of carbonyl (C=O) groups excluding carboxylic acids is 1. The molecule has 0 aliphatic carbocycles. The molecule has 2 aromatic carbocycles. The molecular weight excluding hydrogens is 376 g/mol. The molecule has 7 heteroatoms. The summed E-state index contributed by atoms with van der Waals surface area (Å²) in [4.78, 5) is 14.9. The number of para-hydroxylation sites is 1. The van der Waals surface area contributed by atoms with Crippen LogP contribution in [0.5, 0.6) is 5.75 Å². The minimum absolute atomic E-state index is 0.111. The smallest absolute Gasteiger partial charge is 0.328 e. The maximum Gasteiger partial charge on any atom is 0.328 e. The number of fused-ring (bicyclic) bond motifs is 1. The molecule has 3 rings (SSSR count). The van der Waals surface area contributed by atoms with Crippen LogP contribution in [0.25, 0.3) is 11.0 Å². The Morgan fingerprint density at radius 1 is 1.21 bits per heavy atom. The van der Waals surface area contributed by atoms with E-state index in [4.69, 9.17) is 9.15 Å². The zero-order valence-electron chi connectivity index (χ0n) is 16.4. The van der Waals surface area contributed by atoms with Crippen LogP contribution in [0.2, 0.25) is 0 Å². The topological polar surface area (TPSA) is 77.8 Å². The van der Waals surface area contributed by atoms with Gasteiger partial charge in [-0.05, 0) is 36.2 Å². The number of hydrogen-bond donors (Lipinski definition) is 1. The molecular formula is C21H24N2O4S. The quantitative estimate of drug-likeness (QED) is 0.607. The molecule has 0 aliphatic heterocycles. The summed E-state index contributed by atoms with van der Waals surface area (Å²) in [6.07, 6.45) is 0. The Kier molecular flexibility index (Phi) is 6.16. The Morgan fingerprint density at radius 3 is 2.68 bits per heavy atom. The van der Waals surface area contributed by atoms with E-state index in [1.807, 2.05) is 51.0 Å². The number of nitrogens with one attached hydrogen (secondary N) is 1. The summed E-state index contributed by atoms with van der Waals surface area (Å²) in [5, 5.41) is 0.808. The van der Waals surface area contributed by atoms with Crippen LogP contribution in [-0.4, -0.2) is 31.2 Å². The van der Waals surface area contributed by atoms with Crippen LogP contribution in [-0.2, 0) is 11.4 Å². The lowest BCUT2D eigenvalue weighted by molar-refractivity contribution is 0.0956. The van der Waals surface area contributed by atoms with Crippen molar-refractivity contribution in [2.24, 2.45) is 5.92 Å². The number of carbonyl (C=O) groups is 1. The first-order valence-electron chi connectivity index (χ1n) is 9.00. The lowest BCUT2D eigenvalue weighted by atomic mass is 10.2. The standard InChI is InChI=1S/C21H24N2O4S/c1-14(2)13-26-17-7-5-6-8-20(17)28(25)22-21(24)19-11-15-9-10-16(23(3)4)12-18(15)27-19/h5-12,14H,13H2,1-4H3,(H,22,24). The van der Waals surface area contributed by atoms with Gasteiger partial charge in [-0.2, -0.15) is 4.72 Å². The third kappa shape index (κ3) is 4.61. The van der Waals surface area contributed by atoms with E-state index in [0.29, 0.717) is 28.8 Å². The lowest BCUT2D eigenvalue weighted by Gasteiger charge is -2.14. The van der Waals surface area contributed by atoms with Crippen molar-refractivity contribution in [3.8, 4) is 5.75 Å². The summed E-state index contributed by atoms with van der Waals surface area (Å²) < 4.78 is 26.6. The van der Waals surface area contributed by atoms with E-state index in [1.54, 1.807) is 30.3 Å². The highest BCUT2D eigenvalue weighted by Crippen LogP contribution is 2.26. The Labute approximate surface area is 167 Å². The van der Waals surface area contributed by atoms with Gasteiger partial charge in [-0.3, -0.25) is 4.79 Å². The van der Waals surface area contributed by atoms with Crippen molar-refractivity contribution >= 4 is 33.9 Å². The zero-order valence-corrected chi connectivity index (χ0v) is 17.2. The van der Waals surface area contributed by atoms with Crippen LogP contribution in [0, 0.1) is 5.92 Å². The lowest BCUT2D eigenvalue weighted by Crippen LogP contribution is -2.30. The molecule has 0 aliphatic rings. The van der Waals surface area contributed by atoms with Gasteiger partial charge in [0, 0.05) is 31.2 Å². The number of nitrogens with zero attached hydrogens (tertiary/aromatic N) is 1. The molecule has 0 spiro atoms. The van der Waals surface area contributed by atoms with E-state index in [-0.39, 0.29) is 5.76 Å². The van der Waals surface area contributed by atoms with Crippen LogP contribution >= 0.6 is 0 Å². The van der Waals surface area contributed by atoms with Crippen molar-refractivity contribution in [3.63, 3.8) is 0 Å². The van der Waals surface area contributed by atoms with Crippen LogP contribution in [0.15, 0.2) is 57.8 Å². The average molecular weight is 401 g/mol. The largest absolute Gasteiger partial charge is 0.588 e. The van der Waals surface area contributed by atoms with E-state index < -0.39 is 17.3 Å². The van der Waals surface area contributed by atoms with E-state index in [0.717, 1.165) is 11.1 Å². The predicted molar refractivity (Wildman–Crippen MR) is 111 cm³/mol. The normalized spacial score (nSPS) is 12.2. The molecule has 1 heterocycles. The fourth-order valence-electron chi connectivity index (χ4n) is 2.58. The van der Waals surface area contributed by atoms with Gasteiger partial charge in [0.05, 0.1) is 6.61 Å². The van der Waals surface area contributed by atoms with Gasteiger partial charge in [-0.1, -0.05) is 26.0 Å². The van der Waals surface area contributed by atoms with Gasteiger partial charge < -0.3 is 18.6 Å². The highest BCUT2D eigenvalue weighted by Gasteiger charge is 2.23. The summed E-state index contributed by atoms with van der Waals surface area (Å²) in [7, 11) is 3.86. The molecule has 1 atom stereocenters. The molecule has 3 aromatic rings. The zero-order chi connectivity index (χ0) is 20.3. The molecule has 6 nitrogen and oxygen atoms in total. The van der Waals surface area contributed by atoms with E-state index in [9.17, 15) is 9.35 Å². The van der Waals surface area contributed by atoms with Crippen LogP contribution < -0.4 is 14.4 Å². The Balaban J connectivity index is 1.77. The number of amides is 1. The van der Waals surface area contributed by atoms with Crippen molar-refractivity contribution in [3.05, 3.63) is 54.3 Å². The monoisotopic (exact) mass is 400 g/mol. The molecule has 1 amide bonds. The Hall–Kier alpha value is -2.64. The Morgan fingerprint density at radius 2 is 1.96 bits per heavy atom. The van der Waals surface area contributed by atoms with Crippen molar-refractivity contribution < 1.29 is 18.5 Å². The highest BCUT2D eigenvalue weighted by molar-refractivity contribution is 7.90. The second-order valence-corrected chi connectivity index (χ2v) is 8.26. The molecule has 0 radical (unpaired) electrons. The van der Waals surface area contributed by atoms with Crippen LogP contribution in [0.4, 0.5) is 5.69 Å². The summed E-state index contributed by atoms with van der Waals surface area (Å²) in [6.45, 7) is 4.56. The summed E-state index contributed by atoms with van der Waals surface area (Å²) in [5.74, 6) is 0.396. The van der Waals surface area contributed by atoms with Gasteiger partial charge in [-0.25, -0.2) is 0 Å². The molecule has 148 valence electrons. The van der Waals surface area contributed by atoms with Crippen LogP contribution in [0.3, 0.4) is 0 Å². The molecule has 1 N–H and O–H groups in total. The van der Waals surface area contributed by atoms with Gasteiger partial charge in [0.2, 0.25) is 4.90 Å². The molecule has 0 saturated heterocycles. The SMILES string of the molecule is CC(C)COc1ccccc1[S+]([O-])NC(=O)c1cc2ccc(N(C)C)cc2o1. The Bertz CT molecular complexity index is 968. The number of furan rings is 1. The maximum atomic E-state index is 12.7. The number of hydrogen-bond acceptors (Lipinski definition) is 5. The molecule has 0 saturated carbocycles. The highest BCUT2D eigenvalue weighted by atomic mass is 32.2. The first kappa shape index (κ1) is 20.1. The summed E-state index contributed by atoms with van der Waals surface area (Å²) in [6, 6.07) is 14.3. The van der Waals surface area contributed by atoms with Gasteiger partial charge in [0.1, 0.15) is 16.9 Å². The molecule has 1 aromatic heterocycles. The number of rotatable bonds is 7. The van der Waals surface area contributed by atoms with Gasteiger partial charge in [0.25, 0.3) is 0 Å². The fourth-order valence-corrected chi connectivity index (χ4v) is 3.47. The van der Waals surface area contributed by atoms with Crippen molar-refractivity contribution in [2.45, 2.75) is 18.7 Å². The first-order chi connectivity index (χ1) is 13.3.